The fourth-order valence-electron chi connectivity index (χ4n) is 1.50. The number of rotatable bonds is 5. The second-order valence-corrected chi connectivity index (χ2v) is 4.59. The molecular weight excluding hydrogens is 264 g/mol. The third-order valence-corrected chi connectivity index (χ3v) is 2.43. The molecule has 0 amide bonds. The van der Waals surface area contributed by atoms with Crippen LogP contribution in [0.4, 0.5) is 8.78 Å². The van der Waals surface area contributed by atoms with Crippen molar-refractivity contribution in [3.63, 3.8) is 0 Å². The highest BCUT2D eigenvalue weighted by atomic mass is 19.1. The van der Waals surface area contributed by atoms with E-state index in [4.69, 9.17) is 4.74 Å². The lowest BCUT2D eigenvalue weighted by atomic mass is 10.3. The van der Waals surface area contributed by atoms with Crippen LogP contribution in [-0.4, -0.2) is 16.0 Å². The number of hydrogen-bond donors (Lipinski definition) is 1. The predicted octanol–water partition coefficient (Wildman–Crippen LogP) is 3.05. The molecule has 106 valence electrons. The van der Waals surface area contributed by atoms with Gasteiger partial charge < -0.3 is 10.1 Å². The van der Waals surface area contributed by atoms with Crippen molar-refractivity contribution >= 4 is 0 Å². The molecule has 2 aromatic rings. The maximum Gasteiger partial charge on any atom is 0.237 e. The maximum absolute atomic E-state index is 13.0. The molecule has 0 aliphatic rings. The molecule has 0 saturated carbocycles. The van der Waals surface area contributed by atoms with E-state index in [1.807, 2.05) is 13.8 Å². The van der Waals surface area contributed by atoms with Crippen molar-refractivity contribution in [1.82, 2.24) is 15.3 Å². The Morgan fingerprint density at radius 3 is 2.35 bits per heavy atom. The van der Waals surface area contributed by atoms with Crippen molar-refractivity contribution in [2.45, 2.75) is 26.4 Å². The highest BCUT2D eigenvalue weighted by Crippen LogP contribution is 2.20. The molecule has 6 heteroatoms. The van der Waals surface area contributed by atoms with Crippen molar-refractivity contribution in [1.29, 1.82) is 0 Å². The lowest BCUT2D eigenvalue weighted by Gasteiger charge is -2.08. The molecule has 0 unspecified atom stereocenters. The first-order valence-corrected chi connectivity index (χ1v) is 6.21. The van der Waals surface area contributed by atoms with Gasteiger partial charge in [0, 0.05) is 30.8 Å². The summed E-state index contributed by atoms with van der Waals surface area (Å²) in [4.78, 5) is 8.20. The van der Waals surface area contributed by atoms with Gasteiger partial charge in [0.05, 0.1) is 18.1 Å². The molecule has 0 aliphatic carbocycles. The summed E-state index contributed by atoms with van der Waals surface area (Å²) in [5, 5.41) is 3.20. The minimum Gasteiger partial charge on any atom is -0.437 e. The van der Waals surface area contributed by atoms with Crippen LogP contribution >= 0.6 is 0 Å². The third kappa shape index (κ3) is 4.24. The first-order chi connectivity index (χ1) is 9.52. The maximum atomic E-state index is 13.0. The summed E-state index contributed by atoms with van der Waals surface area (Å²) in [5.74, 6) is -1.18. The Morgan fingerprint density at radius 1 is 1.10 bits per heavy atom. The number of halogens is 2. The van der Waals surface area contributed by atoms with Crippen LogP contribution < -0.4 is 10.1 Å². The van der Waals surface area contributed by atoms with Crippen molar-refractivity contribution in [2.24, 2.45) is 0 Å². The molecule has 0 bridgehead atoms. The van der Waals surface area contributed by atoms with E-state index in [2.05, 4.69) is 15.3 Å². The van der Waals surface area contributed by atoms with Crippen molar-refractivity contribution in [3.05, 3.63) is 47.9 Å². The standard InChI is InChI=1S/C14H15F2N3O/c1-9(2)17-6-12-7-19-14(8-18-12)20-13-4-10(15)3-11(16)5-13/h3-5,7-9,17H,6H2,1-2H3. The summed E-state index contributed by atoms with van der Waals surface area (Å²) in [6, 6.07) is 3.29. The lowest BCUT2D eigenvalue weighted by Crippen LogP contribution is -2.22. The van der Waals surface area contributed by atoms with Gasteiger partial charge in [-0.05, 0) is 0 Å². The fraction of sp³-hybridized carbons (Fsp3) is 0.286. The average molecular weight is 279 g/mol. The van der Waals surface area contributed by atoms with Gasteiger partial charge in [0.2, 0.25) is 5.88 Å². The van der Waals surface area contributed by atoms with Gasteiger partial charge in [0.1, 0.15) is 17.4 Å². The van der Waals surface area contributed by atoms with E-state index in [1.54, 1.807) is 6.20 Å². The minimum absolute atomic E-state index is 0.0462. The summed E-state index contributed by atoms with van der Waals surface area (Å²) in [6.07, 6.45) is 2.97. The Labute approximate surface area is 115 Å². The van der Waals surface area contributed by atoms with Crippen LogP contribution in [0.5, 0.6) is 11.6 Å². The molecule has 1 heterocycles. The zero-order valence-corrected chi connectivity index (χ0v) is 11.2. The van der Waals surface area contributed by atoms with E-state index in [0.29, 0.717) is 12.6 Å². The summed E-state index contributed by atoms with van der Waals surface area (Å²) < 4.78 is 31.3. The molecule has 4 nitrogen and oxygen atoms in total. The largest absolute Gasteiger partial charge is 0.437 e. The van der Waals surface area contributed by atoms with Crippen LogP contribution in [0, 0.1) is 11.6 Å². The van der Waals surface area contributed by atoms with E-state index < -0.39 is 11.6 Å². The van der Waals surface area contributed by atoms with E-state index in [9.17, 15) is 8.78 Å². The smallest absolute Gasteiger partial charge is 0.237 e. The molecule has 1 aromatic carbocycles. The predicted molar refractivity (Wildman–Crippen MR) is 70.4 cm³/mol. The first-order valence-electron chi connectivity index (χ1n) is 6.21. The minimum atomic E-state index is -0.703. The second-order valence-electron chi connectivity index (χ2n) is 4.59. The molecule has 1 N–H and O–H groups in total. The fourth-order valence-corrected chi connectivity index (χ4v) is 1.50. The van der Waals surface area contributed by atoms with E-state index in [-0.39, 0.29) is 11.6 Å². The molecular formula is C14H15F2N3O. The Balaban J connectivity index is 2.03. The molecule has 0 radical (unpaired) electrons. The monoisotopic (exact) mass is 279 g/mol. The van der Waals surface area contributed by atoms with Crippen LogP contribution in [0.2, 0.25) is 0 Å². The third-order valence-electron chi connectivity index (χ3n) is 2.43. The van der Waals surface area contributed by atoms with Crippen molar-refractivity contribution < 1.29 is 13.5 Å². The van der Waals surface area contributed by atoms with Gasteiger partial charge in [-0.1, -0.05) is 13.8 Å². The van der Waals surface area contributed by atoms with Gasteiger partial charge in [-0.3, -0.25) is 4.98 Å². The number of nitrogens with zero attached hydrogens (tertiary/aromatic N) is 2. The quantitative estimate of drug-likeness (QED) is 0.913. The van der Waals surface area contributed by atoms with Gasteiger partial charge in [-0.15, -0.1) is 0 Å². The van der Waals surface area contributed by atoms with Gasteiger partial charge in [-0.2, -0.15) is 0 Å². The van der Waals surface area contributed by atoms with Crippen LogP contribution in [0.25, 0.3) is 0 Å². The highest BCUT2D eigenvalue weighted by molar-refractivity contribution is 5.27. The first kappa shape index (κ1) is 14.3. The topological polar surface area (TPSA) is 47.0 Å². The Hall–Kier alpha value is -2.08. The SMILES string of the molecule is CC(C)NCc1cnc(Oc2cc(F)cc(F)c2)cn1. The molecule has 0 fully saturated rings. The van der Waals surface area contributed by atoms with Gasteiger partial charge >= 0.3 is 0 Å². The zero-order chi connectivity index (χ0) is 14.5. The van der Waals surface area contributed by atoms with E-state index in [0.717, 1.165) is 23.9 Å². The van der Waals surface area contributed by atoms with E-state index in [1.165, 1.54) is 6.20 Å². The molecule has 20 heavy (non-hydrogen) atoms. The summed E-state index contributed by atoms with van der Waals surface area (Å²) in [7, 11) is 0. The number of hydrogen-bond acceptors (Lipinski definition) is 4. The van der Waals surface area contributed by atoms with Gasteiger partial charge in [-0.25, -0.2) is 13.8 Å². The van der Waals surface area contributed by atoms with Crippen LogP contribution in [-0.2, 0) is 6.54 Å². The number of nitrogens with one attached hydrogen (secondary N) is 1. The number of aromatic nitrogens is 2. The Morgan fingerprint density at radius 2 is 1.80 bits per heavy atom. The molecule has 2 rings (SSSR count). The van der Waals surface area contributed by atoms with Crippen LogP contribution in [0.1, 0.15) is 19.5 Å². The van der Waals surface area contributed by atoms with Crippen LogP contribution in [0.15, 0.2) is 30.6 Å². The summed E-state index contributed by atoms with van der Waals surface area (Å²) >= 11 is 0. The van der Waals surface area contributed by atoms with Gasteiger partial charge in [0.25, 0.3) is 0 Å². The molecule has 0 spiro atoms. The van der Waals surface area contributed by atoms with Crippen molar-refractivity contribution in [2.75, 3.05) is 0 Å². The van der Waals surface area contributed by atoms with Gasteiger partial charge in [0.15, 0.2) is 0 Å². The molecule has 0 saturated heterocycles. The van der Waals surface area contributed by atoms with E-state index >= 15 is 0 Å². The van der Waals surface area contributed by atoms with Crippen LogP contribution in [0.3, 0.4) is 0 Å². The Bertz CT molecular complexity index is 553. The number of benzene rings is 1. The summed E-state index contributed by atoms with van der Waals surface area (Å²) in [6.45, 7) is 4.66. The van der Waals surface area contributed by atoms with Crippen molar-refractivity contribution in [3.8, 4) is 11.6 Å². The summed E-state index contributed by atoms with van der Waals surface area (Å²) in [5.41, 5.74) is 0.761. The highest BCUT2D eigenvalue weighted by Gasteiger charge is 2.05. The Kier molecular flexibility index (Phi) is 4.57. The lowest BCUT2D eigenvalue weighted by molar-refractivity contribution is 0.447. The molecule has 0 atom stereocenters. The molecule has 1 aromatic heterocycles. The normalized spacial score (nSPS) is 10.8. The molecule has 0 aliphatic heterocycles. The number of ether oxygens (including phenoxy) is 1. The second kappa shape index (κ2) is 6.38. The zero-order valence-electron chi connectivity index (χ0n) is 11.2. The average Bonchev–Trinajstić information content (AvgIpc) is 2.36.